The van der Waals surface area contributed by atoms with E-state index in [0.29, 0.717) is 19.7 Å². The summed E-state index contributed by atoms with van der Waals surface area (Å²) in [5.74, 6) is 0. The van der Waals surface area contributed by atoms with Gasteiger partial charge in [-0.05, 0) is 6.92 Å². The van der Waals surface area contributed by atoms with Gasteiger partial charge in [-0.3, -0.25) is 4.99 Å². The normalized spacial score (nSPS) is 36.6. The van der Waals surface area contributed by atoms with Gasteiger partial charge in [-0.2, -0.15) is 0 Å². The number of ether oxygens (including phenoxy) is 2. The maximum absolute atomic E-state index is 10.2. The monoisotopic (exact) mass is 305 g/mol. The Balaban J connectivity index is 1.88. The second-order valence-electron chi connectivity index (χ2n) is 4.79. The number of aliphatic hydroxyl groups is 2. The van der Waals surface area contributed by atoms with Crippen LogP contribution in [0.2, 0.25) is 0 Å². The average molecular weight is 305 g/mol. The molecule has 1 fully saturated rings. The molecule has 0 saturated carbocycles. The van der Waals surface area contributed by atoms with Crippen LogP contribution in [0.25, 0.3) is 0 Å². The van der Waals surface area contributed by atoms with Gasteiger partial charge < -0.3 is 30.3 Å². The van der Waals surface area contributed by atoms with Crippen LogP contribution in [0.5, 0.6) is 0 Å². The van der Waals surface area contributed by atoms with Gasteiger partial charge in [0.05, 0.1) is 6.61 Å². The fourth-order valence-corrected chi connectivity index (χ4v) is 3.44. The summed E-state index contributed by atoms with van der Waals surface area (Å²) in [6, 6.07) is -0.403. The third-order valence-electron chi connectivity index (χ3n) is 3.32. The number of methoxy groups -OCH3 is 1. The van der Waals surface area contributed by atoms with Gasteiger partial charge in [0.2, 0.25) is 0 Å². The number of amidine groups is 1. The van der Waals surface area contributed by atoms with Crippen molar-refractivity contribution in [2.45, 2.75) is 36.7 Å². The quantitative estimate of drug-likeness (QED) is 0.455. The molecule has 0 unspecified atom stereocenters. The second-order valence-corrected chi connectivity index (χ2v) is 5.88. The lowest BCUT2D eigenvalue weighted by Gasteiger charge is -2.38. The van der Waals surface area contributed by atoms with Crippen molar-refractivity contribution in [1.82, 2.24) is 10.6 Å². The summed E-state index contributed by atoms with van der Waals surface area (Å²) >= 11 is 1.47. The van der Waals surface area contributed by atoms with Crippen molar-refractivity contribution in [1.29, 1.82) is 0 Å². The van der Waals surface area contributed by atoms with E-state index in [1.54, 1.807) is 7.11 Å². The predicted octanol–water partition coefficient (Wildman–Crippen LogP) is -1.25. The lowest BCUT2D eigenvalue weighted by Crippen LogP contribution is -2.57. The van der Waals surface area contributed by atoms with Crippen LogP contribution < -0.4 is 10.6 Å². The number of aliphatic imine (C=N–C) groups is 1. The van der Waals surface area contributed by atoms with Crippen molar-refractivity contribution >= 4 is 16.9 Å². The minimum Gasteiger partial charge on any atom is -0.388 e. The van der Waals surface area contributed by atoms with E-state index < -0.39 is 24.4 Å². The van der Waals surface area contributed by atoms with Crippen LogP contribution in [0.3, 0.4) is 0 Å². The van der Waals surface area contributed by atoms with E-state index in [2.05, 4.69) is 15.6 Å². The summed E-state index contributed by atoms with van der Waals surface area (Å²) in [6.45, 7) is 4.51. The largest absolute Gasteiger partial charge is 0.388 e. The number of hydrogen-bond donors (Lipinski definition) is 4. The number of rotatable bonds is 6. The second kappa shape index (κ2) is 7.58. The molecule has 2 rings (SSSR count). The molecule has 116 valence electrons. The molecule has 0 aromatic rings. The van der Waals surface area contributed by atoms with Gasteiger partial charge in [-0.25, -0.2) is 0 Å². The van der Waals surface area contributed by atoms with Crippen LogP contribution >= 0.6 is 11.8 Å². The molecular formula is C12H23N3O4S. The SMILES string of the molecule is CCNC1=N[C@@H]2[C@@H](O)[C@H](O)[C@@H](CNCCOC)O[C@@H]2S1. The molecular weight excluding hydrogens is 282 g/mol. The van der Waals surface area contributed by atoms with Gasteiger partial charge in [0.15, 0.2) is 5.17 Å². The number of thioether (sulfide) groups is 1. The molecule has 20 heavy (non-hydrogen) atoms. The van der Waals surface area contributed by atoms with Crippen LogP contribution in [0.1, 0.15) is 6.92 Å². The highest BCUT2D eigenvalue weighted by atomic mass is 32.2. The first kappa shape index (κ1) is 16.0. The Kier molecular flexibility index (Phi) is 6.06. The summed E-state index contributed by atoms with van der Waals surface area (Å²) in [6.07, 6.45) is -2.27. The number of fused-ring (bicyclic) bond motifs is 1. The van der Waals surface area contributed by atoms with Crippen LogP contribution in [0, 0.1) is 0 Å². The molecule has 2 aliphatic heterocycles. The molecule has 5 atom stereocenters. The summed E-state index contributed by atoms with van der Waals surface area (Å²) in [4.78, 5) is 4.37. The van der Waals surface area contributed by atoms with Crippen LogP contribution in [0.4, 0.5) is 0 Å². The molecule has 8 heteroatoms. The minimum atomic E-state index is -0.934. The molecule has 0 bridgehead atoms. The zero-order chi connectivity index (χ0) is 14.5. The van der Waals surface area contributed by atoms with E-state index in [1.807, 2.05) is 6.92 Å². The fraction of sp³-hybridized carbons (Fsp3) is 0.917. The molecule has 0 amide bonds. The van der Waals surface area contributed by atoms with Gasteiger partial charge >= 0.3 is 0 Å². The maximum atomic E-state index is 10.2. The lowest BCUT2D eigenvalue weighted by molar-refractivity contribution is -0.150. The Labute approximate surface area is 123 Å². The Morgan fingerprint density at radius 2 is 2.20 bits per heavy atom. The summed E-state index contributed by atoms with van der Waals surface area (Å²) in [5, 5.41) is 27.3. The van der Waals surface area contributed by atoms with E-state index in [0.717, 1.165) is 11.7 Å². The molecule has 1 saturated heterocycles. The first-order chi connectivity index (χ1) is 9.67. The highest BCUT2D eigenvalue weighted by molar-refractivity contribution is 8.14. The first-order valence-electron chi connectivity index (χ1n) is 6.87. The third kappa shape index (κ3) is 3.63. The van der Waals surface area contributed by atoms with Gasteiger partial charge in [-0.15, -0.1) is 0 Å². The van der Waals surface area contributed by atoms with Gasteiger partial charge in [0.1, 0.15) is 29.8 Å². The number of hydrogen-bond acceptors (Lipinski definition) is 8. The van der Waals surface area contributed by atoms with Crippen LogP contribution in [-0.2, 0) is 9.47 Å². The zero-order valence-electron chi connectivity index (χ0n) is 11.8. The van der Waals surface area contributed by atoms with E-state index in [9.17, 15) is 10.2 Å². The van der Waals surface area contributed by atoms with Crippen molar-refractivity contribution in [3.8, 4) is 0 Å². The average Bonchev–Trinajstić information content (AvgIpc) is 2.83. The van der Waals surface area contributed by atoms with Gasteiger partial charge in [0.25, 0.3) is 0 Å². The van der Waals surface area contributed by atoms with Crippen molar-refractivity contribution in [3.63, 3.8) is 0 Å². The summed E-state index contributed by atoms with van der Waals surface area (Å²) in [7, 11) is 1.64. The Morgan fingerprint density at radius 3 is 2.90 bits per heavy atom. The topological polar surface area (TPSA) is 95.3 Å². The fourth-order valence-electron chi connectivity index (χ4n) is 2.25. The Hall–Kier alpha value is -0.380. The lowest BCUT2D eigenvalue weighted by atomic mass is 9.98. The molecule has 2 heterocycles. The van der Waals surface area contributed by atoms with Gasteiger partial charge in [-0.1, -0.05) is 11.8 Å². The molecule has 0 aromatic heterocycles. The minimum absolute atomic E-state index is 0.239. The molecule has 4 N–H and O–H groups in total. The molecule has 7 nitrogen and oxygen atoms in total. The van der Waals surface area contributed by atoms with E-state index in [4.69, 9.17) is 9.47 Å². The molecule has 0 aliphatic carbocycles. The van der Waals surface area contributed by atoms with Crippen molar-refractivity contribution < 1.29 is 19.7 Å². The summed E-state index contributed by atoms with van der Waals surface area (Å²) in [5.41, 5.74) is -0.239. The third-order valence-corrected chi connectivity index (χ3v) is 4.41. The predicted molar refractivity (Wildman–Crippen MR) is 77.9 cm³/mol. The Bertz CT molecular complexity index is 345. The standard InChI is InChI=1S/C12H23N3O4S/c1-3-14-12-15-8-10(17)9(16)7(19-11(8)20-12)6-13-4-5-18-2/h7-11,13,16-17H,3-6H2,1-2H3,(H,14,15)/t7-,8-,9-,10-,11-/m1/s1. The number of nitrogens with zero attached hydrogens (tertiary/aromatic N) is 1. The molecule has 0 aromatic carbocycles. The highest BCUT2D eigenvalue weighted by Crippen LogP contribution is 2.35. The number of nitrogens with one attached hydrogen (secondary N) is 2. The Morgan fingerprint density at radius 1 is 1.40 bits per heavy atom. The van der Waals surface area contributed by atoms with Crippen LogP contribution in [0.15, 0.2) is 4.99 Å². The highest BCUT2D eigenvalue weighted by Gasteiger charge is 2.47. The molecule has 0 spiro atoms. The van der Waals surface area contributed by atoms with E-state index in [-0.39, 0.29) is 5.44 Å². The zero-order valence-corrected chi connectivity index (χ0v) is 12.6. The summed E-state index contributed by atoms with van der Waals surface area (Å²) < 4.78 is 10.8. The number of aliphatic hydroxyl groups excluding tert-OH is 2. The van der Waals surface area contributed by atoms with E-state index in [1.165, 1.54) is 11.8 Å². The maximum Gasteiger partial charge on any atom is 0.159 e. The molecule has 0 radical (unpaired) electrons. The van der Waals surface area contributed by atoms with E-state index >= 15 is 0 Å². The van der Waals surface area contributed by atoms with Crippen molar-refractivity contribution in [3.05, 3.63) is 0 Å². The first-order valence-corrected chi connectivity index (χ1v) is 7.75. The van der Waals surface area contributed by atoms with Crippen molar-refractivity contribution in [2.75, 3.05) is 33.4 Å². The smallest absolute Gasteiger partial charge is 0.159 e. The van der Waals surface area contributed by atoms with Crippen LogP contribution in [-0.4, -0.2) is 78.5 Å². The molecule has 2 aliphatic rings. The van der Waals surface area contributed by atoms with Crippen molar-refractivity contribution in [2.24, 2.45) is 4.99 Å². The van der Waals surface area contributed by atoms with Gasteiger partial charge in [0, 0.05) is 26.7 Å².